The van der Waals surface area contributed by atoms with E-state index in [0.717, 1.165) is 22.4 Å². The van der Waals surface area contributed by atoms with Crippen LogP contribution in [0.2, 0.25) is 0 Å². The summed E-state index contributed by atoms with van der Waals surface area (Å²) in [6.07, 6.45) is 0. The molecule has 5 rings (SSSR count). The number of hydrogen-bond donors (Lipinski definition) is 0. The van der Waals surface area contributed by atoms with Gasteiger partial charge in [0.1, 0.15) is 11.7 Å². The number of anilines is 2. The van der Waals surface area contributed by atoms with Crippen LogP contribution >= 0.6 is 11.3 Å². The van der Waals surface area contributed by atoms with Gasteiger partial charge in [-0.05, 0) is 51.7 Å². The van der Waals surface area contributed by atoms with Crippen LogP contribution in [0.15, 0.2) is 65.4 Å². The Morgan fingerprint density at radius 3 is 2.34 bits per heavy atom. The highest BCUT2D eigenvalue weighted by Crippen LogP contribution is 2.44. The van der Waals surface area contributed by atoms with Crippen molar-refractivity contribution in [3.63, 3.8) is 0 Å². The first kappa shape index (κ1) is 23.5. The third kappa shape index (κ3) is 4.30. The van der Waals surface area contributed by atoms with Gasteiger partial charge in [-0.25, -0.2) is 0 Å². The SMILES string of the molecule is CC(C)C(=O)C1C(=O)C(=O)N(c2ccc(-c3ccsc3)cc2)C1c1ccccc1N1CCOCC1. The molecule has 2 unspecified atom stereocenters. The summed E-state index contributed by atoms with van der Waals surface area (Å²) in [4.78, 5) is 43.8. The Morgan fingerprint density at radius 2 is 1.69 bits per heavy atom. The number of carbonyl (C=O) groups is 3. The van der Waals surface area contributed by atoms with Gasteiger partial charge in [-0.1, -0.05) is 44.2 Å². The highest BCUT2D eigenvalue weighted by molar-refractivity contribution is 7.08. The molecule has 7 heteroatoms. The van der Waals surface area contributed by atoms with E-state index in [1.165, 1.54) is 4.90 Å². The van der Waals surface area contributed by atoms with Gasteiger partial charge in [0, 0.05) is 30.4 Å². The largest absolute Gasteiger partial charge is 0.378 e. The molecule has 2 atom stereocenters. The minimum absolute atomic E-state index is 0.206. The maximum atomic E-state index is 13.4. The van der Waals surface area contributed by atoms with Crippen molar-refractivity contribution >= 4 is 40.2 Å². The van der Waals surface area contributed by atoms with Gasteiger partial charge >= 0.3 is 0 Å². The minimum Gasteiger partial charge on any atom is -0.378 e. The predicted molar refractivity (Wildman–Crippen MR) is 138 cm³/mol. The predicted octanol–water partition coefficient (Wildman–Crippen LogP) is 4.75. The average molecular weight is 489 g/mol. The minimum atomic E-state index is -1.04. The monoisotopic (exact) mass is 488 g/mol. The average Bonchev–Trinajstić information content (AvgIpc) is 3.51. The van der Waals surface area contributed by atoms with Gasteiger partial charge in [0.15, 0.2) is 0 Å². The zero-order chi connectivity index (χ0) is 24.5. The molecule has 2 aliphatic heterocycles. The third-order valence-electron chi connectivity index (χ3n) is 6.79. The fourth-order valence-electron chi connectivity index (χ4n) is 4.98. The lowest BCUT2D eigenvalue weighted by molar-refractivity contribution is -0.139. The van der Waals surface area contributed by atoms with Crippen molar-refractivity contribution in [2.45, 2.75) is 19.9 Å². The van der Waals surface area contributed by atoms with Crippen molar-refractivity contribution in [3.05, 3.63) is 70.9 Å². The van der Waals surface area contributed by atoms with E-state index < -0.39 is 23.7 Å². The fourth-order valence-corrected chi connectivity index (χ4v) is 5.65. The van der Waals surface area contributed by atoms with Crippen molar-refractivity contribution in [1.82, 2.24) is 0 Å². The summed E-state index contributed by atoms with van der Waals surface area (Å²) >= 11 is 1.62. The van der Waals surface area contributed by atoms with E-state index in [0.29, 0.717) is 32.0 Å². The molecule has 0 aliphatic carbocycles. The van der Waals surface area contributed by atoms with E-state index in [4.69, 9.17) is 4.74 Å². The van der Waals surface area contributed by atoms with Gasteiger partial charge < -0.3 is 9.64 Å². The molecule has 0 N–H and O–H groups in total. The molecule has 3 heterocycles. The summed E-state index contributed by atoms with van der Waals surface area (Å²) in [5, 5.41) is 4.09. The lowest BCUT2D eigenvalue weighted by Gasteiger charge is -2.35. The molecule has 1 amide bonds. The number of amides is 1. The van der Waals surface area contributed by atoms with E-state index in [2.05, 4.69) is 10.3 Å². The van der Waals surface area contributed by atoms with Crippen molar-refractivity contribution in [2.75, 3.05) is 36.1 Å². The standard InChI is InChI=1S/C28H28N2O4S/c1-18(2)26(31)24-25(22-5-3-4-6-23(22)29-12-14-34-15-13-29)30(28(33)27(24)32)21-9-7-19(8-10-21)20-11-16-35-17-20/h3-11,16-18,24-25H,12-15H2,1-2H3. The van der Waals surface area contributed by atoms with Crippen LogP contribution in [0.3, 0.4) is 0 Å². The Labute approximate surface area is 209 Å². The Bertz CT molecular complexity index is 1230. The van der Waals surface area contributed by atoms with E-state index in [-0.39, 0.29) is 11.7 Å². The number of ketones is 2. The summed E-state index contributed by atoms with van der Waals surface area (Å²) in [5.74, 6) is -2.87. The number of nitrogens with zero attached hydrogens (tertiary/aromatic N) is 2. The highest BCUT2D eigenvalue weighted by Gasteiger charge is 2.53. The number of rotatable bonds is 6. The van der Waals surface area contributed by atoms with Gasteiger partial charge in [0.05, 0.1) is 19.3 Å². The molecule has 6 nitrogen and oxygen atoms in total. The van der Waals surface area contributed by atoms with Gasteiger partial charge in [-0.15, -0.1) is 0 Å². The molecule has 0 bridgehead atoms. The molecule has 0 spiro atoms. The lowest BCUT2D eigenvalue weighted by atomic mass is 9.84. The van der Waals surface area contributed by atoms with Crippen LogP contribution in [-0.4, -0.2) is 43.8 Å². The van der Waals surface area contributed by atoms with Crippen LogP contribution in [0.25, 0.3) is 11.1 Å². The smallest absolute Gasteiger partial charge is 0.295 e. The number of benzene rings is 2. The normalized spacial score (nSPS) is 20.7. The van der Waals surface area contributed by atoms with Crippen molar-refractivity contribution in [2.24, 2.45) is 11.8 Å². The van der Waals surface area contributed by atoms with E-state index in [1.54, 1.807) is 25.2 Å². The van der Waals surface area contributed by atoms with Gasteiger partial charge in [-0.3, -0.25) is 19.3 Å². The maximum absolute atomic E-state index is 13.4. The number of ether oxygens (including phenoxy) is 1. The molecule has 180 valence electrons. The topological polar surface area (TPSA) is 66.9 Å². The first-order chi connectivity index (χ1) is 17.0. The summed E-state index contributed by atoms with van der Waals surface area (Å²) < 4.78 is 5.53. The second kappa shape index (κ2) is 9.76. The molecular weight excluding hydrogens is 460 g/mol. The number of hydrogen-bond acceptors (Lipinski definition) is 6. The molecule has 3 aromatic rings. The number of para-hydroxylation sites is 1. The quantitative estimate of drug-likeness (QED) is 0.370. The van der Waals surface area contributed by atoms with Crippen molar-refractivity contribution in [3.8, 4) is 11.1 Å². The van der Waals surface area contributed by atoms with Gasteiger partial charge in [0.2, 0.25) is 5.78 Å². The Morgan fingerprint density at radius 1 is 0.971 bits per heavy atom. The zero-order valence-corrected chi connectivity index (χ0v) is 20.7. The Balaban J connectivity index is 1.62. The fraction of sp³-hybridized carbons (Fsp3) is 0.321. The van der Waals surface area contributed by atoms with Gasteiger partial charge in [-0.2, -0.15) is 11.3 Å². The first-order valence-corrected chi connectivity index (χ1v) is 12.9. The Kier molecular flexibility index (Phi) is 6.54. The second-order valence-electron chi connectivity index (χ2n) is 9.24. The summed E-state index contributed by atoms with van der Waals surface area (Å²) in [6.45, 7) is 6.21. The number of thiophene rings is 1. The number of carbonyl (C=O) groups excluding carboxylic acids is 3. The van der Waals surface area contributed by atoms with E-state index in [1.807, 2.05) is 60.0 Å². The molecule has 2 aromatic carbocycles. The molecular formula is C28H28N2O4S. The summed E-state index contributed by atoms with van der Waals surface area (Å²) in [6, 6.07) is 16.8. The molecule has 2 aliphatic rings. The van der Waals surface area contributed by atoms with E-state index in [9.17, 15) is 14.4 Å². The van der Waals surface area contributed by atoms with Crippen molar-refractivity contribution < 1.29 is 19.1 Å². The molecule has 2 saturated heterocycles. The van der Waals surface area contributed by atoms with Crippen LogP contribution in [0.1, 0.15) is 25.5 Å². The number of morpholine rings is 1. The van der Waals surface area contributed by atoms with Crippen LogP contribution < -0.4 is 9.80 Å². The summed E-state index contributed by atoms with van der Waals surface area (Å²) in [5.41, 5.74) is 4.50. The van der Waals surface area contributed by atoms with Crippen LogP contribution in [0.4, 0.5) is 11.4 Å². The highest BCUT2D eigenvalue weighted by atomic mass is 32.1. The Hall–Kier alpha value is -3.29. The molecule has 1 aromatic heterocycles. The molecule has 2 fully saturated rings. The maximum Gasteiger partial charge on any atom is 0.295 e. The van der Waals surface area contributed by atoms with Crippen molar-refractivity contribution in [1.29, 1.82) is 0 Å². The van der Waals surface area contributed by atoms with Gasteiger partial charge in [0.25, 0.3) is 5.91 Å². The van der Waals surface area contributed by atoms with Crippen LogP contribution in [0, 0.1) is 11.8 Å². The molecule has 0 radical (unpaired) electrons. The zero-order valence-electron chi connectivity index (χ0n) is 19.8. The number of Topliss-reactive ketones (excluding diaryl/α,β-unsaturated/α-hetero) is 2. The second-order valence-corrected chi connectivity index (χ2v) is 10.0. The lowest BCUT2D eigenvalue weighted by Crippen LogP contribution is -2.38. The van der Waals surface area contributed by atoms with E-state index >= 15 is 0 Å². The first-order valence-electron chi connectivity index (χ1n) is 11.9. The third-order valence-corrected chi connectivity index (χ3v) is 7.47. The molecule has 0 saturated carbocycles. The van der Waals surface area contributed by atoms with Crippen LogP contribution in [-0.2, 0) is 19.1 Å². The van der Waals surface area contributed by atoms with Crippen LogP contribution in [0.5, 0.6) is 0 Å². The summed E-state index contributed by atoms with van der Waals surface area (Å²) in [7, 11) is 0. The molecule has 35 heavy (non-hydrogen) atoms.